The molecule has 5 N–H and O–H groups in total. The summed E-state index contributed by atoms with van der Waals surface area (Å²) in [4.78, 5) is 16.4. The lowest BCUT2D eigenvalue weighted by Gasteiger charge is -2.27. The van der Waals surface area contributed by atoms with Crippen molar-refractivity contribution in [2.75, 3.05) is 11.3 Å². The van der Waals surface area contributed by atoms with Crippen molar-refractivity contribution in [3.8, 4) is 5.75 Å². The van der Waals surface area contributed by atoms with Crippen molar-refractivity contribution >= 4 is 27.6 Å². The monoisotopic (exact) mass is 419 g/mol. The van der Waals surface area contributed by atoms with Gasteiger partial charge in [0.05, 0.1) is 29.1 Å². The van der Waals surface area contributed by atoms with Gasteiger partial charge in [-0.15, -0.1) is 4.40 Å². The molecule has 0 bridgehead atoms. The van der Waals surface area contributed by atoms with Gasteiger partial charge in [0.15, 0.2) is 5.84 Å². The Morgan fingerprint density at radius 2 is 2.10 bits per heavy atom. The van der Waals surface area contributed by atoms with Crippen LogP contribution in [0, 0.1) is 0 Å². The molecule has 1 aromatic carbocycles. The summed E-state index contributed by atoms with van der Waals surface area (Å²) in [6.45, 7) is 3.36. The van der Waals surface area contributed by atoms with Gasteiger partial charge in [-0.3, -0.25) is 14.5 Å². The molecule has 0 atom stereocenters. The van der Waals surface area contributed by atoms with E-state index in [9.17, 15) is 13.2 Å². The Morgan fingerprint density at radius 1 is 1.34 bits per heavy atom. The number of amides is 1. The number of hydrogen-bond acceptors (Lipinski definition) is 7. The van der Waals surface area contributed by atoms with E-state index in [-0.39, 0.29) is 30.6 Å². The average molecular weight is 419 g/mol. The highest BCUT2D eigenvalue weighted by atomic mass is 32.2. The lowest BCUT2D eigenvalue weighted by Crippen LogP contribution is -2.48. The molecule has 11 heteroatoms. The van der Waals surface area contributed by atoms with Crippen molar-refractivity contribution in [3.63, 3.8) is 0 Å². The molecule has 0 saturated carbocycles. The second kappa shape index (κ2) is 7.68. The number of nitrogens with zero attached hydrogens (tertiary/aromatic N) is 2. The molecule has 3 rings (SSSR count). The second-order valence-corrected chi connectivity index (χ2v) is 8.39. The summed E-state index contributed by atoms with van der Waals surface area (Å²) >= 11 is 0. The first-order valence-electron chi connectivity index (χ1n) is 8.63. The highest BCUT2D eigenvalue weighted by Crippen LogP contribution is 2.30. The van der Waals surface area contributed by atoms with Crippen molar-refractivity contribution in [1.82, 2.24) is 10.3 Å². The summed E-state index contributed by atoms with van der Waals surface area (Å²) in [5.41, 5.74) is 6.38. The lowest BCUT2D eigenvalue weighted by atomic mass is 10.1. The van der Waals surface area contributed by atoms with Gasteiger partial charge in [0.25, 0.3) is 5.91 Å². The van der Waals surface area contributed by atoms with Crippen LogP contribution in [0.2, 0.25) is 0 Å². The SMILES string of the molecule is CC(C)(COc1cccc2c1C(N)=NS(=O)(=O)N2)NC(=O)c1ccnc(CO)c1. The summed E-state index contributed by atoms with van der Waals surface area (Å²) in [6, 6.07) is 7.85. The third-order valence-electron chi connectivity index (χ3n) is 4.02. The first kappa shape index (κ1) is 20.6. The number of anilines is 1. The number of rotatable bonds is 6. The summed E-state index contributed by atoms with van der Waals surface area (Å²) in [5, 5.41) is 12.0. The lowest BCUT2D eigenvalue weighted by molar-refractivity contribution is 0.0880. The molecule has 0 unspecified atom stereocenters. The molecule has 2 heterocycles. The Labute approximate surface area is 168 Å². The molecule has 1 aliphatic rings. The smallest absolute Gasteiger partial charge is 0.344 e. The van der Waals surface area contributed by atoms with Crippen LogP contribution >= 0.6 is 0 Å². The Balaban J connectivity index is 1.73. The number of benzene rings is 1. The minimum absolute atomic E-state index is 0.0766. The third kappa shape index (κ3) is 4.81. The van der Waals surface area contributed by atoms with Gasteiger partial charge in [0.2, 0.25) is 0 Å². The summed E-state index contributed by atoms with van der Waals surface area (Å²) in [7, 11) is -3.88. The molecule has 10 nitrogen and oxygen atoms in total. The molecular formula is C18H21N5O5S. The van der Waals surface area contributed by atoms with Gasteiger partial charge in [-0.2, -0.15) is 8.42 Å². The molecule has 1 aliphatic heterocycles. The van der Waals surface area contributed by atoms with Crippen molar-refractivity contribution in [2.45, 2.75) is 26.0 Å². The maximum atomic E-state index is 12.5. The number of carbonyl (C=O) groups is 1. The molecule has 0 spiro atoms. The molecule has 29 heavy (non-hydrogen) atoms. The van der Waals surface area contributed by atoms with E-state index >= 15 is 0 Å². The van der Waals surface area contributed by atoms with Crippen molar-refractivity contribution in [1.29, 1.82) is 0 Å². The fourth-order valence-electron chi connectivity index (χ4n) is 2.72. The third-order valence-corrected chi connectivity index (χ3v) is 4.94. The van der Waals surface area contributed by atoms with Crippen LogP contribution in [-0.2, 0) is 16.8 Å². The summed E-state index contributed by atoms with van der Waals surface area (Å²) in [6.07, 6.45) is 1.45. The maximum absolute atomic E-state index is 12.5. The number of aliphatic hydroxyl groups excluding tert-OH is 1. The van der Waals surface area contributed by atoms with Crippen LogP contribution in [0.5, 0.6) is 5.75 Å². The highest BCUT2D eigenvalue weighted by Gasteiger charge is 2.27. The fraction of sp³-hybridized carbons (Fsp3) is 0.278. The van der Waals surface area contributed by atoms with Gasteiger partial charge in [0, 0.05) is 11.8 Å². The zero-order valence-corrected chi connectivity index (χ0v) is 16.7. The van der Waals surface area contributed by atoms with Crippen LogP contribution in [0.4, 0.5) is 5.69 Å². The van der Waals surface area contributed by atoms with Gasteiger partial charge in [-0.1, -0.05) is 6.07 Å². The zero-order valence-electron chi connectivity index (χ0n) is 15.8. The standard InChI is InChI=1S/C18H21N5O5S/c1-18(2,21-17(25)11-6-7-20-12(8-11)9-24)10-28-14-5-3-4-13-15(14)16(19)23-29(26,27)22-13/h3-8,22,24H,9-10H2,1-2H3,(H2,19,23)(H,21,25). The zero-order chi connectivity index (χ0) is 21.2. The highest BCUT2D eigenvalue weighted by molar-refractivity contribution is 7.91. The minimum atomic E-state index is -3.88. The van der Waals surface area contributed by atoms with Crippen LogP contribution in [-0.4, -0.2) is 42.4 Å². The number of aliphatic hydroxyl groups is 1. The van der Waals surface area contributed by atoms with E-state index in [4.69, 9.17) is 15.6 Å². The van der Waals surface area contributed by atoms with Gasteiger partial charge < -0.3 is 20.9 Å². The Kier molecular flexibility index (Phi) is 5.44. The Bertz CT molecular complexity index is 1080. The molecule has 154 valence electrons. The number of pyridine rings is 1. The first-order chi connectivity index (χ1) is 13.6. The van der Waals surface area contributed by atoms with E-state index in [1.54, 1.807) is 38.1 Å². The van der Waals surface area contributed by atoms with Gasteiger partial charge in [0.1, 0.15) is 12.4 Å². The molecule has 0 fully saturated rings. The predicted molar refractivity (Wildman–Crippen MR) is 107 cm³/mol. The van der Waals surface area contributed by atoms with E-state index in [0.717, 1.165) is 0 Å². The first-order valence-corrected chi connectivity index (χ1v) is 10.1. The van der Waals surface area contributed by atoms with Gasteiger partial charge in [-0.25, -0.2) is 0 Å². The van der Waals surface area contributed by atoms with Gasteiger partial charge >= 0.3 is 10.2 Å². The van der Waals surface area contributed by atoms with E-state index in [1.807, 2.05) is 0 Å². The molecule has 0 radical (unpaired) electrons. The summed E-state index contributed by atoms with van der Waals surface area (Å²) < 4.78 is 34.9. The largest absolute Gasteiger partial charge is 0.490 e. The number of fused-ring (bicyclic) bond motifs is 1. The van der Waals surface area contributed by atoms with Crippen LogP contribution in [0.1, 0.15) is 35.5 Å². The quantitative estimate of drug-likeness (QED) is 0.532. The molecule has 1 aromatic heterocycles. The molecule has 0 aliphatic carbocycles. The fourth-order valence-corrected chi connectivity index (χ4v) is 3.56. The molecule has 0 saturated heterocycles. The van der Waals surface area contributed by atoms with Crippen LogP contribution in [0.3, 0.4) is 0 Å². The minimum Gasteiger partial charge on any atom is -0.490 e. The van der Waals surface area contributed by atoms with E-state index in [2.05, 4.69) is 19.4 Å². The predicted octanol–water partition coefficient (Wildman–Crippen LogP) is 0.537. The normalized spacial score (nSPS) is 14.9. The molecule has 2 aromatic rings. The number of hydrogen-bond donors (Lipinski definition) is 4. The van der Waals surface area contributed by atoms with E-state index in [1.165, 1.54) is 12.3 Å². The Hall–Kier alpha value is -3.18. The van der Waals surface area contributed by atoms with Crippen molar-refractivity contribution in [2.24, 2.45) is 10.1 Å². The Morgan fingerprint density at radius 3 is 2.83 bits per heavy atom. The number of carbonyl (C=O) groups excluding carboxylic acids is 1. The molecular weight excluding hydrogens is 398 g/mol. The van der Waals surface area contributed by atoms with E-state index < -0.39 is 15.7 Å². The number of amidine groups is 1. The topological polar surface area (TPSA) is 156 Å². The number of aromatic nitrogens is 1. The number of ether oxygens (including phenoxy) is 1. The average Bonchev–Trinajstić information content (AvgIpc) is 2.64. The second-order valence-electron chi connectivity index (χ2n) is 7.05. The van der Waals surface area contributed by atoms with Crippen molar-refractivity contribution < 1.29 is 23.1 Å². The molecule has 1 amide bonds. The van der Waals surface area contributed by atoms with Crippen LogP contribution < -0.4 is 20.5 Å². The number of nitrogens with one attached hydrogen (secondary N) is 2. The van der Waals surface area contributed by atoms with Gasteiger partial charge in [-0.05, 0) is 38.1 Å². The summed E-state index contributed by atoms with van der Waals surface area (Å²) in [5.74, 6) is -0.191. The van der Waals surface area contributed by atoms with Crippen molar-refractivity contribution in [3.05, 3.63) is 53.3 Å². The number of nitrogens with two attached hydrogens (primary N) is 1. The maximum Gasteiger partial charge on any atom is 0.344 e. The van der Waals surface area contributed by atoms with E-state index in [0.29, 0.717) is 22.6 Å². The van der Waals surface area contributed by atoms with Crippen LogP contribution in [0.25, 0.3) is 0 Å². The van der Waals surface area contributed by atoms with Crippen LogP contribution in [0.15, 0.2) is 40.9 Å².